The van der Waals surface area contributed by atoms with E-state index in [1.54, 1.807) is 6.21 Å². The SMILES string of the molecule is C=C(C)N=CN=C(C(=C)C)C(C)N(C)/N=C/C. The van der Waals surface area contributed by atoms with Crippen LogP contribution in [0.15, 0.2) is 39.5 Å². The highest BCUT2D eigenvalue weighted by molar-refractivity contribution is 6.06. The molecule has 4 nitrogen and oxygen atoms in total. The van der Waals surface area contributed by atoms with Crippen molar-refractivity contribution < 1.29 is 0 Å². The second-order valence-corrected chi connectivity index (χ2v) is 3.90. The number of hydrogen-bond acceptors (Lipinski definition) is 3. The highest BCUT2D eigenvalue weighted by Crippen LogP contribution is 2.06. The number of nitrogens with zero attached hydrogens (tertiary/aromatic N) is 4. The quantitative estimate of drug-likeness (QED) is 0.396. The predicted octanol–water partition coefficient (Wildman–Crippen LogP) is 2.89. The van der Waals surface area contributed by atoms with Gasteiger partial charge in [0, 0.05) is 19.0 Å². The van der Waals surface area contributed by atoms with E-state index in [1.807, 2.05) is 39.8 Å². The van der Waals surface area contributed by atoms with Crippen LogP contribution < -0.4 is 0 Å². The van der Waals surface area contributed by atoms with E-state index < -0.39 is 0 Å². The number of hydrazone groups is 1. The number of rotatable bonds is 6. The summed E-state index contributed by atoms with van der Waals surface area (Å²) in [5.41, 5.74) is 2.49. The van der Waals surface area contributed by atoms with Crippen LogP contribution >= 0.6 is 0 Å². The average molecular weight is 234 g/mol. The van der Waals surface area contributed by atoms with Gasteiger partial charge in [-0.2, -0.15) is 5.10 Å². The van der Waals surface area contributed by atoms with Crippen molar-refractivity contribution in [2.24, 2.45) is 15.1 Å². The van der Waals surface area contributed by atoms with Gasteiger partial charge in [-0.15, -0.1) is 0 Å². The van der Waals surface area contributed by atoms with Crippen molar-refractivity contribution in [2.75, 3.05) is 7.05 Å². The molecule has 0 N–H and O–H groups in total. The van der Waals surface area contributed by atoms with Crippen molar-refractivity contribution in [1.29, 1.82) is 0 Å². The van der Waals surface area contributed by atoms with E-state index in [2.05, 4.69) is 28.2 Å². The van der Waals surface area contributed by atoms with Crippen molar-refractivity contribution in [1.82, 2.24) is 5.01 Å². The first-order valence-electron chi connectivity index (χ1n) is 5.53. The van der Waals surface area contributed by atoms with Crippen molar-refractivity contribution >= 4 is 18.3 Å². The van der Waals surface area contributed by atoms with Crippen molar-refractivity contribution in [3.05, 3.63) is 24.4 Å². The fourth-order valence-corrected chi connectivity index (χ4v) is 1.22. The first-order valence-corrected chi connectivity index (χ1v) is 5.53. The molecule has 0 bridgehead atoms. The van der Waals surface area contributed by atoms with Crippen molar-refractivity contribution in [3.8, 4) is 0 Å². The maximum absolute atomic E-state index is 4.32. The number of allylic oxidation sites excluding steroid dienone is 1. The smallest absolute Gasteiger partial charge is 0.115 e. The third-order valence-corrected chi connectivity index (χ3v) is 2.17. The summed E-state index contributed by atoms with van der Waals surface area (Å²) in [6.45, 7) is 15.3. The van der Waals surface area contributed by atoms with Crippen molar-refractivity contribution in [2.45, 2.75) is 33.7 Å². The Labute approximate surface area is 104 Å². The van der Waals surface area contributed by atoms with Gasteiger partial charge in [0.1, 0.15) is 6.34 Å². The van der Waals surface area contributed by atoms with Gasteiger partial charge in [0.25, 0.3) is 0 Å². The lowest BCUT2D eigenvalue weighted by Gasteiger charge is -2.23. The molecule has 0 rings (SSSR count). The van der Waals surface area contributed by atoms with Crippen LogP contribution in [-0.2, 0) is 0 Å². The molecule has 94 valence electrons. The molecule has 0 saturated carbocycles. The summed E-state index contributed by atoms with van der Waals surface area (Å²) in [5.74, 6) is 0. The second kappa shape index (κ2) is 7.54. The molecule has 0 saturated heterocycles. The normalized spacial score (nSPS) is 14.3. The van der Waals surface area contributed by atoms with Gasteiger partial charge in [0.05, 0.1) is 11.8 Å². The minimum absolute atomic E-state index is 0.0558. The third-order valence-electron chi connectivity index (χ3n) is 2.17. The van der Waals surface area contributed by atoms with Gasteiger partial charge < -0.3 is 0 Å². The molecule has 4 heteroatoms. The van der Waals surface area contributed by atoms with Gasteiger partial charge in [-0.1, -0.05) is 13.2 Å². The highest BCUT2D eigenvalue weighted by Gasteiger charge is 2.14. The molecule has 0 aliphatic carbocycles. The van der Waals surface area contributed by atoms with Gasteiger partial charge >= 0.3 is 0 Å². The minimum Gasteiger partial charge on any atom is -0.292 e. The highest BCUT2D eigenvalue weighted by atomic mass is 15.4. The first-order chi connectivity index (χ1) is 7.90. The number of aliphatic imine (C=N–C) groups is 2. The molecule has 0 aromatic carbocycles. The van der Waals surface area contributed by atoms with E-state index in [0.717, 1.165) is 17.0 Å². The molecule has 1 atom stereocenters. The van der Waals surface area contributed by atoms with E-state index in [-0.39, 0.29) is 6.04 Å². The summed E-state index contributed by atoms with van der Waals surface area (Å²) in [7, 11) is 1.90. The molecular formula is C13H22N4. The topological polar surface area (TPSA) is 40.3 Å². The summed E-state index contributed by atoms with van der Waals surface area (Å²) in [5, 5.41) is 6.03. The molecule has 0 heterocycles. The minimum atomic E-state index is 0.0558. The van der Waals surface area contributed by atoms with Crippen LogP contribution in [0.4, 0.5) is 0 Å². The van der Waals surface area contributed by atoms with E-state index in [9.17, 15) is 0 Å². The van der Waals surface area contributed by atoms with E-state index in [4.69, 9.17) is 0 Å². The Morgan fingerprint density at radius 1 is 1.29 bits per heavy atom. The lowest BCUT2D eigenvalue weighted by Crippen LogP contribution is -2.33. The average Bonchev–Trinajstić information content (AvgIpc) is 2.23. The Hall–Kier alpha value is -1.71. The summed E-state index contributed by atoms with van der Waals surface area (Å²) < 4.78 is 0. The summed E-state index contributed by atoms with van der Waals surface area (Å²) >= 11 is 0. The number of hydrogen-bond donors (Lipinski definition) is 0. The van der Waals surface area contributed by atoms with Crippen LogP contribution in [0.2, 0.25) is 0 Å². The van der Waals surface area contributed by atoms with Gasteiger partial charge in [-0.25, -0.2) is 9.98 Å². The monoisotopic (exact) mass is 234 g/mol. The van der Waals surface area contributed by atoms with E-state index in [1.165, 1.54) is 6.34 Å². The van der Waals surface area contributed by atoms with Gasteiger partial charge in [0.15, 0.2) is 0 Å². The Kier molecular flexibility index (Phi) is 6.79. The molecule has 0 aromatic heterocycles. The predicted molar refractivity (Wildman–Crippen MR) is 76.9 cm³/mol. The fourth-order valence-electron chi connectivity index (χ4n) is 1.22. The van der Waals surface area contributed by atoms with E-state index >= 15 is 0 Å². The van der Waals surface area contributed by atoms with Crippen LogP contribution in [0, 0.1) is 0 Å². The van der Waals surface area contributed by atoms with Gasteiger partial charge in [-0.3, -0.25) is 5.01 Å². The molecule has 0 fully saturated rings. The summed E-state index contributed by atoms with van der Waals surface area (Å²) in [6, 6.07) is 0.0558. The Morgan fingerprint density at radius 3 is 2.29 bits per heavy atom. The Morgan fingerprint density at radius 2 is 1.88 bits per heavy atom. The first kappa shape index (κ1) is 15.3. The summed E-state index contributed by atoms with van der Waals surface area (Å²) in [4.78, 5) is 8.35. The van der Waals surface area contributed by atoms with Crippen LogP contribution in [-0.4, -0.2) is 36.4 Å². The van der Waals surface area contributed by atoms with Crippen LogP contribution in [0.25, 0.3) is 0 Å². The lowest BCUT2D eigenvalue weighted by atomic mass is 10.1. The zero-order chi connectivity index (χ0) is 13.4. The molecule has 0 amide bonds. The molecule has 0 aromatic rings. The maximum atomic E-state index is 4.32. The van der Waals surface area contributed by atoms with E-state index in [0.29, 0.717) is 0 Å². The standard InChI is InChI=1S/C13H22N4/c1-8-16-17(7)12(6)13(10(2)3)15-9-14-11(4)5/h8-9,12H,2,4H2,1,3,5-7H3/b14-9?,15-13?,16-8+. The Bertz CT molecular complexity index is 364. The van der Waals surface area contributed by atoms with Gasteiger partial charge in [0.2, 0.25) is 0 Å². The molecule has 0 aliphatic rings. The van der Waals surface area contributed by atoms with Crippen LogP contribution in [0.3, 0.4) is 0 Å². The molecule has 0 spiro atoms. The lowest BCUT2D eigenvalue weighted by molar-refractivity contribution is 0.331. The zero-order valence-electron chi connectivity index (χ0n) is 11.4. The molecule has 0 aliphatic heterocycles. The van der Waals surface area contributed by atoms with Crippen LogP contribution in [0.5, 0.6) is 0 Å². The largest absolute Gasteiger partial charge is 0.292 e. The maximum Gasteiger partial charge on any atom is 0.115 e. The molecule has 0 radical (unpaired) electrons. The Balaban J connectivity index is 4.97. The van der Waals surface area contributed by atoms with Crippen molar-refractivity contribution in [3.63, 3.8) is 0 Å². The molecular weight excluding hydrogens is 212 g/mol. The molecule has 17 heavy (non-hydrogen) atoms. The fraction of sp³-hybridized carbons (Fsp3) is 0.462. The van der Waals surface area contributed by atoms with Crippen LogP contribution in [0.1, 0.15) is 27.7 Å². The molecule has 1 unspecified atom stereocenters. The summed E-state index contributed by atoms with van der Waals surface area (Å²) in [6.07, 6.45) is 3.25. The third kappa shape index (κ3) is 5.80. The zero-order valence-corrected chi connectivity index (χ0v) is 11.4. The van der Waals surface area contributed by atoms with Gasteiger partial charge in [-0.05, 0) is 33.3 Å². The second-order valence-electron chi connectivity index (χ2n) is 3.90.